The molecule has 7 aromatic rings. The molecule has 0 aliphatic rings. The zero-order chi connectivity index (χ0) is 56.9. The van der Waals surface area contributed by atoms with E-state index >= 15 is 0 Å². The van der Waals surface area contributed by atoms with E-state index < -0.39 is 0 Å². The van der Waals surface area contributed by atoms with Gasteiger partial charge in [0.2, 0.25) is 0 Å². The average molecular weight is 1010 g/mol. The van der Waals surface area contributed by atoms with Crippen molar-refractivity contribution >= 4 is 41.0 Å². The van der Waals surface area contributed by atoms with Crippen LogP contribution in [0.4, 0.5) is 0 Å². The molecule has 0 amide bonds. The maximum absolute atomic E-state index is 9.51. The molecule has 0 spiro atoms. The van der Waals surface area contributed by atoms with Crippen LogP contribution in [0.15, 0.2) is 173 Å². The lowest BCUT2D eigenvalue weighted by Crippen LogP contribution is -1.84. The Bertz CT molecular complexity index is 2990. The van der Waals surface area contributed by atoms with Crippen LogP contribution in [-0.2, 0) is 12.8 Å². The quantitative estimate of drug-likeness (QED) is 0.0764. The van der Waals surface area contributed by atoms with Gasteiger partial charge in [-0.2, -0.15) is 0 Å². The fraction of sp³-hybridized carbons (Fsp3) is 0.176. The minimum Gasteiger partial charge on any atom is -0.508 e. The largest absolute Gasteiger partial charge is 0.508 e. The number of aryl methyl sites for hydroxylation is 6. The summed E-state index contributed by atoms with van der Waals surface area (Å²) in [5.41, 5.74) is 15.9. The number of phenolic OH excluding ortho intramolecular Hbond substituents is 7. The van der Waals surface area contributed by atoms with Crippen LogP contribution in [0, 0.1) is 34.6 Å². The lowest BCUT2D eigenvalue weighted by Gasteiger charge is -2.04. The summed E-state index contributed by atoms with van der Waals surface area (Å²) in [4.78, 5) is 0. The Morgan fingerprint density at radius 2 is 0.880 bits per heavy atom. The molecule has 0 bridgehead atoms. The molecule has 0 aliphatic heterocycles. The van der Waals surface area contributed by atoms with Crippen LogP contribution < -0.4 is 0 Å². The summed E-state index contributed by atoms with van der Waals surface area (Å²) in [6.45, 7) is 45.0. The molecule has 7 nitrogen and oxygen atoms in total. The number of para-hydroxylation sites is 2. The predicted molar refractivity (Wildman–Crippen MR) is 324 cm³/mol. The first-order valence-electron chi connectivity index (χ1n) is 24.5. The lowest BCUT2D eigenvalue weighted by molar-refractivity contribution is 0.468. The first-order chi connectivity index (χ1) is 35.4. The van der Waals surface area contributed by atoms with E-state index in [-0.39, 0.29) is 0 Å². The van der Waals surface area contributed by atoms with Crippen LogP contribution in [0.1, 0.15) is 113 Å². The number of hydrogen-bond donors (Lipinski definition) is 7. The topological polar surface area (TPSA) is 142 Å². The van der Waals surface area contributed by atoms with Gasteiger partial charge in [-0.1, -0.05) is 175 Å². The highest BCUT2D eigenvalue weighted by molar-refractivity contribution is 5.69. The molecule has 394 valence electrons. The number of allylic oxidation sites excluding steroid dienone is 3. The van der Waals surface area contributed by atoms with Crippen LogP contribution in [0.3, 0.4) is 0 Å². The molecule has 75 heavy (non-hydrogen) atoms. The first kappa shape index (κ1) is 64.3. The van der Waals surface area contributed by atoms with Gasteiger partial charge in [0, 0.05) is 22.3 Å². The summed E-state index contributed by atoms with van der Waals surface area (Å²) in [7, 11) is 0. The van der Waals surface area contributed by atoms with Crippen molar-refractivity contribution in [2.45, 2.75) is 82.1 Å². The highest BCUT2D eigenvalue weighted by Crippen LogP contribution is 2.28. The summed E-state index contributed by atoms with van der Waals surface area (Å²) in [5, 5.41) is 65.3. The normalized spacial score (nSPS) is 9.52. The van der Waals surface area contributed by atoms with E-state index in [0.717, 1.165) is 107 Å². The van der Waals surface area contributed by atoms with E-state index in [1.807, 2.05) is 160 Å². The fourth-order valence-corrected chi connectivity index (χ4v) is 6.69. The highest BCUT2D eigenvalue weighted by atomic mass is 16.3. The van der Waals surface area contributed by atoms with E-state index in [4.69, 9.17) is 0 Å². The SMILES string of the molecule is C=C(C)c1ccc(C)cc1O.C=C(C)c1ccc(O)c(CC)c1.C=C(C)c1cccc(C)c1O.C=Cc1ccc(C)cc1O.C=Cc1ccc(O)c(CC)c1.C=Cc1cccc(C)c1O.C=Cc1cccc(O)c1C. The molecule has 0 fully saturated rings. The molecule has 0 unspecified atom stereocenters. The molecule has 0 saturated carbocycles. The number of benzene rings is 7. The van der Waals surface area contributed by atoms with Gasteiger partial charge in [0.15, 0.2) is 0 Å². The Hall–Kier alpha value is -8.68. The van der Waals surface area contributed by atoms with Crippen LogP contribution in [-0.4, -0.2) is 35.7 Å². The van der Waals surface area contributed by atoms with Crippen LogP contribution in [0.2, 0.25) is 0 Å². The van der Waals surface area contributed by atoms with Crippen molar-refractivity contribution < 1.29 is 35.7 Å². The highest BCUT2D eigenvalue weighted by Gasteiger charge is 2.04. The maximum atomic E-state index is 9.51. The maximum Gasteiger partial charge on any atom is 0.125 e. The third kappa shape index (κ3) is 21.9. The summed E-state index contributed by atoms with van der Waals surface area (Å²) in [6.07, 6.45) is 8.49. The van der Waals surface area contributed by atoms with Crippen molar-refractivity contribution in [2.75, 3.05) is 0 Å². The molecule has 0 aliphatic carbocycles. The minimum atomic E-state index is 0.301. The Kier molecular flexibility index (Phi) is 28.4. The lowest BCUT2D eigenvalue weighted by atomic mass is 10.0. The standard InChI is InChI=1S/C11H14O.3C10H12O.3C9H10O/c1-4-9-7-10(8(2)3)5-6-11(9)12;1-7(2)9-5-4-8(3)6-10(9)11;1-7(2)9-6-4-5-8(3)10(9)11;1-3-8-5-6-10(11)9(4-2)7-8;1-3-8-5-4-7(2)6-9(8)10;1-3-8-5-4-6-9(10)7(8)2;1-3-8-6-4-5-7(2)9(8)10/h5-7,12H,2,4H2,1,3H3;2*4-6,11H,1H2,2-3H3;3,5-7,11H,1,4H2,2H3;3*3-6,10H,1H2,2H3. The van der Waals surface area contributed by atoms with E-state index in [1.54, 1.807) is 60.7 Å². The van der Waals surface area contributed by atoms with Crippen molar-refractivity contribution in [3.05, 3.63) is 251 Å². The van der Waals surface area contributed by atoms with E-state index in [9.17, 15) is 35.7 Å². The molecule has 0 radical (unpaired) electrons. The zero-order valence-corrected chi connectivity index (χ0v) is 45.9. The molecule has 0 saturated heterocycles. The van der Waals surface area contributed by atoms with Gasteiger partial charge in [0.1, 0.15) is 40.2 Å². The van der Waals surface area contributed by atoms with Crippen LogP contribution >= 0.6 is 0 Å². The second-order valence-electron chi connectivity index (χ2n) is 17.7. The van der Waals surface area contributed by atoms with Gasteiger partial charge in [-0.3, -0.25) is 0 Å². The van der Waals surface area contributed by atoms with Gasteiger partial charge in [-0.15, -0.1) is 0 Å². The third-order valence-electron chi connectivity index (χ3n) is 11.4. The summed E-state index contributed by atoms with van der Waals surface area (Å²) in [6, 6.07) is 38.8. The number of aromatic hydroxyl groups is 7. The Labute approximate surface area is 448 Å². The second kappa shape index (κ2) is 33.1. The molecule has 0 atom stereocenters. The summed E-state index contributed by atoms with van der Waals surface area (Å²) >= 11 is 0. The van der Waals surface area contributed by atoms with Crippen LogP contribution in [0.25, 0.3) is 41.0 Å². The molecule has 0 heterocycles. The van der Waals surface area contributed by atoms with Gasteiger partial charge in [0.05, 0.1) is 0 Å². The van der Waals surface area contributed by atoms with Crippen molar-refractivity contribution in [2.24, 2.45) is 0 Å². The van der Waals surface area contributed by atoms with Crippen molar-refractivity contribution in [1.29, 1.82) is 0 Å². The van der Waals surface area contributed by atoms with Gasteiger partial charge < -0.3 is 35.7 Å². The van der Waals surface area contributed by atoms with Gasteiger partial charge in [-0.05, 0) is 177 Å². The Balaban J connectivity index is 0.000000438. The first-order valence-corrected chi connectivity index (χ1v) is 24.5. The van der Waals surface area contributed by atoms with Crippen molar-refractivity contribution in [3.63, 3.8) is 0 Å². The smallest absolute Gasteiger partial charge is 0.125 e. The molecular weight excluding hydrogens is 929 g/mol. The van der Waals surface area contributed by atoms with Gasteiger partial charge >= 0.3 is 0 Å². The van der Waals surface area contributed by atoms with Crippen LogP contribution in [0.5, 0.6) is 40.2 Å². The fourth-order valence-electron chi connectivity index (χ4n) is 6.69. The third-order valence-corrected chi connectivity index (χ3v) is 11.4. The average Bonchev–Trinajstić information content (AvgIpc) is 3.37. The Morgan fingerprint density at radius 3 is 1.33 bits per heavy atom. The molecule has 7 rings (SSSR count). The molecular formula is C68H80O7. The number of phenols is 7. The number of rotatable bonds is 9. The zero-order valence-electron chi connectivity index (χ0n) is 45.9. The monoisotopic (exact) mass is 1010 g/mol. The molecule has 7 aromatic carbocycles. The molecule has 0 aromatic heterocycles. The van der Waals surface area contributed by atoms with E-state index in [2.05, 4.69) is 46.1 Å². The van der Waals surface area contributed by atoms with Crippen molar-refractivity contribution in [1.82, 2.24) is 0 Å². The van der Waals surface area contributed by atoms with Gasteiger partial charge in [0.25, 0.3) is 0 Å². The number of hydrogen-bond acceptors (Lipinski definition) is 7. The second-order valence-corrected chi connectivity index (χ2v) is 17.7. The summed E-state index contributed by atoms with van der Waals surface area (Å²) in [5.74, 6) is 2.38. The predicted octanol–water partition coefficient (Wildman–Crippen LogP) is 18.1. The minimum absolute atomic E-state index is 0.301. The molecule has 7 heteroatoms. The van der Waals surface area contributed by atoms with Gasteiger partial charge in [-0.25, -0.2) is 0 Å². The van der Waals surface area contributed by atoms with Crippen molar-refractivity contribution in [3.8, 4) is 40.2 Å². The van der Waals surface area contributed by atoms with E-state index in [0.29, 0.717) is 40.2 Å². The Morgan fingerprint density at radius 1 is 0.400 bits per heavy atom. The van der Waals surface area contributed by atoms with E-state index in [1.165, 1.54) is 0 Å². The summed E-state index contributed by atoms with van der Waals surface area (Å²) < 4.78 is 0. The molecule has 7 N–H and O–H groups in total.